The minimum atomic E-state index is -3.96. The van der Waals surface area contributed by atoms with Gasteiger partial charge in [0.2, 0.25) is 21.8 Å². The van der Waals surface area contributed by atoms with Gasteiger partial charge in [-0.3, -0.25) is 13.9 Å². The molecule has 3 aromatic carbocycles. The molecule has 1 aliphatic rings. The fourth-order valence-electron chi connectivity index (χ4n) is 5.03. The fraction of sp³-hybridized carbons (Fsp3) is 0.333. The number of anilines is 1. The van der Waals surface area contributed by atoms with Gasteiger partial charge in [0.05, 0.1) is 22.0 Å². The molecule has 0 bridgehead atoms. The van der Waals surface area contributed by atoms with Gasteiger partial charge < -0.3 is 10.2 Å². The van der Waals surface area contributed by atoms with Crippen molar-refractivity contribution in [2.45, 2.75) is 50.7 Å². The Labute approximate surface area is 266 Å². The van der Waals surface area contributed by atoms with Gasteiger partial charge in [-0.1, -0.05) is 95.6 Å². The Morgan fingerprint density at radius 1 is 0.881 bits per heavy atom. The van der Waals surface area contributed by atoms with Crippen LogP contribution in [0.3, 0.4) is 0 Å². The highest BCUT2D eigenvalue weighted by molar-refractivity contribution is 7.92. The van der Waals surface area contributed by atoms with Crippen molar-refractivity contribution in [3.05, 3.63) is 97.9 Å². The van der Waals surface area contributed by atoms with Crippen molar-refractivity contribution in [2.75, 3.05) is 17.1 Å². The molecule has 4 rings (SSSR count). The predicted octanol–water partition coefficient (Wildman–Crippen LogP) is 6.77. The van der Waals surface area contributed by atoms with Crippen LogP contribution in [0.2, 0.25) is 20.1 Å². The summed E-state index contributed by atoms with van der Waals surface area (Å²) in [6.07, 6.45) is 4.92. The summed E-state index contributed by atoms with van der Waals surface area (Å²) in [5.74, 6) is -0.951. The van der Waals surface area contributed by atoms with Crippen LogP contribution in [0.1, 0.15) is 36.8 Å². The summed E-state index contributed by atoms with van der Waals surface area (Å²) in [7, 11) is -3.96. The number of halogens is 4. The molecule has 0 heterocycles. The van der Waals surface area contributed by atoms with Crippen molar-refractivity contribution in [1.29, 1.82) is 0 Å². The molecule has 1 fully saturated rings. The first-order chi connectivity index (χ1) is 19.9. The molecule has 7 nitrogen and oxygen atoms in total. The molecule has 2 amide bonds. The number of hydrogen-bond donors (Lipinski definition) is 1. The number of amides is 2. The van der Waals surface area contributed by atoms with Gasteiger partial charge in [0.25, 0.3) is 0 Å². The lowest BCUT2D eigenvalue weighted by Crippen LogP contribution is -2.54. The number of benzene rings is 3. The maximum Gasteiger partial charge on any atom is 0.244 e. The summed E-state index contributed by atoms with van der Waals surface area (Å²) in [6.45, 7) is -0.716. The highest BCUT2D eigenvalue weighted by Crippen LogP contribution is 2.30. The van der Waals surface area contributed by atoms with Gasteiger partial charge in [0, 0.05) is 34.6 Å². The normalized spacial score (nSPS) is 14.4. The number of rotatable bonds is 11. The van der Waals surface area contributed by atoms with Crippen LogP contribution in [-0.2, 0) is 32.6 Å². The first-order valence-electron chi connectivity index (χ1n) is 13.4. The standard InChI is InChI=1S/C30H31Cl4N3O4S/c1-42(40,41)37(22-14-15-26(33)27(34)17-22)19-29(38)36(18-23-24(31)12-7-13-25(23)32)28(16-20-8-3-2-4-9-20)30(39)35-21-10-5-6-11-21/h2-4,7-9,12-15,17,21,28H,5-6,10-11,16,18-19H2,1H3,(H,35,39)/t28-/m0/s1. The molecule has 224 valence electrons. The summed E-state index contributed by atoms with van der Waals surface area (Å²) < 4.78 is 26.8. The summed E-state index contributed by atoms with van der Waals surface area (Å²) in [6, 6.07) is 17.6. The molecule has 0 aromatic heterocycles. The maximum atomic E-state index is 14.2. The molecule has 0 spiro atoms. The van der Waals surface area contributed by atoms with Crippen molar-refractivity contribution < 1.29 is 18.0 Å². The summed E-state index contributed by atoms with van der Waals surface area (Å²) in [5.41, 5.74) is 1.43. The fourth-order valence-corrected chi connectivity index (χ4v) is 6.68. The summed E-state index contributed by atoms with van der Waals surface area (Å²) in [5, 5.41) is 4.12. The van der Waals surface area contributed by atoms with Crippen molar-refractivity contribution in [3.63, 3.8) is 0 Å². The predicted molar refractivity (Wildman–Crippen MR) is 170 cm³/mol. The molecule has 3 aromatic rings. The Morgan fingerprint density at radius 3 is 2.12 bits per heavy atom. The number of hydrogen-bond acceptors (Lipinski definition) is 4. The third-order valence-electron chi connectivity index (χ3n) is 7.23. The monoisotopic (exact) mass is 669 g/mol. The van der Waals surface area contributed by atoms with E-state index in [0.717, 1.165) is 41.8 Å². The lowest BCUT2D eigenvalue weighted by molar-refractivity contribution is -0.140. The van der Waals surface area contributed by atoms with Crippen molar-refractivity contribution in [2.24, 2.45) is 0 Å². The van der Waals surface area contributed by atoms with Crippen LogP contribution in [0.4, 0.5) is 5.69 Å². The average Bonchev–Trinajstić information content (AvgIpc) is 3.45. The van der Waals surface area contributed by atoms with E-state index in [-0.39, 0.29) is 40.6 Å². The van der Waals surface area contributed by atoms with E-state index in [1.54, 1.807) is 18.2 Å². The van der Waals surface area contributed by atoms with Gasteiger partial charge in [0.1, 0.15) is 12.6 Å². The van der Waals surface area contributed by atoms with E-state index < -0.39 is 28.5 Å². The van der Waals surface area contributed by atoms with Crippen LogP contribution in [0.25, 0.3) is 0 Å². The highest BCUT2D eigenvalue weighted by Gasteiger charge is 2.35. The number of sulfonamides is 1. The van der Waals surface area contributed by atoms with Crippen molar-refractivity contribution in [1.82, 2.24) is 10.2 Å². The molecule has 1 aliphatic carbocycles. The summed E-state index contributed by atoms with van der Waals surface area (Å²) >= 11 is 25.3. The van der Waals surface area contributed by atoms with Crippen LogP contribution in [0.5, 0.6) is 0 Å². The van der Waals surface area contributed by atoms with E-state index in [1.165, 1.54) is 23.1 Å². The second-order valence-corrected chi connectivity index (χ2v) is 13.8. The first kappa shape index (κ1) is 32.4. The second kappa shape index (κ2) is 14.3. The zero-order valence-electron chi connectivity index (χ0n) is 22.9. The van der Waals surface area contributed by atoms with E-state index in [2.05, 4.69) is 5.32 Å². The van der Waals surface area contributed by atoms with Crippen LogP contribution in [-0.4, -0.2) is 50.0 Å². The number of nitrogens with zero attached hydrogens (tertiary/aromatic N) is 2. The molecule has 1 atom stereocenters. The molecule has 1 saturated carbocycles. The molecule has 0 unspecified atom stereocenters. The van der Waals surface area contributed by atoms with Crippen LogP contribution < -0.4 is 9.62 Å². The lowest BCUT2D eigenvalue weighted by atomic mass is 10.0. The molecule has 12 heteroatoms. The lowest BCUT2D eigenvalue weighted by Gasteiger charge is -2.34. The van der Waals surface area contributed by atoms with Crippen LogP contribution >= 0.6 is 46.4 Å². The minimum absolute atomic E-state index is 0.000328. The average molecular weight is 671 g/mol. The smallest absolute Gasteiger partial charge is 0.244 e. The zero-order valence-corrected chi connectivity index (χ0v) is 26.7. The Morgan fingerprint density at radius 2 is 1.52 bits per heavy atom. The third kappa shape index (κ3) is 8.32. The molecular weight excluding hydrogens is 640 g/mol. The molecule has 0 radical (unpaired) electrons. The van der Waals surface area contributed by atoms with Crippen molar-refractivity contribution >= 4 is 73.9 Å². The molecule has 1 N–H and O–H groups in total. The van der Waals surface area contributed by atoms with Gasteiger partial charge in [-0.2, -0.15) is 0 Å². The minimum Gasteiger partial charge on any atom is -0.352 e. The second-order valence-electron chi connectivity index (χ2n) is 10.3. The van der Waals surface area contributed by atoms with Crippen LogP contribution in [0, 0.1) is 0 Å². The van der Waals surface area contributed by atoms with Gasteiger partial charge in [-0.25, -0.2) is 8.42 Å². The Balaban J connectivity index is 1.77. The zero-order chi connectivity index (χ0) is 30.4. The number of nitrogens with one attached hydrogen (secondary N) is 1. The van der Waals surface area contributed by atoms with Crippen molar-refractivity contribution in [3.8, 4) is 0 Å². The highest BCUT2D eigenvalue weighted by atomic mass is 35.5. The van der Waals surface area contributed by atoms with E-state index in [0.29, 0.717) is 15.6 Å². The van der Waals surface area contributed by atoms with Crippen LogP contribution in [0.15, 0.2) is 66.7 Å². The molecular formula is C30H31Cl4N3O4S. The van der Waals surface area contributed by atoms with E-state index in [9.17, 15) is 18.0 Å². The Kier molecular flexibility index (Phi) is 11.1. The molecule has 0 saturated heterocycles. The first-order valence-corrected chi connectivity index (χ1v) is 16.8. The molecule has 42 heavy (non-hydrogen) atoms. The Bertz CT molecular complexity index is 1510. The topological polar surface area (TPSA) is 86.8 Å². The number of carbonyl (C=O) groups is 2. The quantitative estimate of drug-likeness (QED) is 0.244. The number of carbonyl (C=O) groups excluding carboxylic acids is 2. The van der Waals surface area contributed by atoms with E-state index >= 15 is 0 Å². The van der Waals surface area contributed by atoms with Gasteiger partial charge >= 0.3 is 0 Å². The Hall–Kier alpha value is -2.49. The van der Waals surface area contributed by atoms with Gasteiger partial charge in [0.15, 0.2) is 0 Å². The van der Waals surface area contributed by atoms with Gasteiger partial charge in [-0.15, -0.1) is 0 Å². The van der Waals surface area contributed by atoms with E-state index in [4.69, 9.17) is 46.4 Å². The maximum absolute atomic E-state index is 14.2. The van der Waals surface area contributed by atoms with Gasteiger partial charge in [-0.05, 0) is 48.7 Å². The molecule has 0 aliphatic heterocycles. The summed E-state index contributed by atoms with van der Waals surface area (Å²) in [4.78, 5) is 29.5. The largest absolute Gasteiger partial charge is 0.352 e. The third-order valence-corrected chi connectivity index (χ3v) is 9.82. The van der Waals surface area contributed by atoms with E-state index in [1.807, 2.05) is 30.3 Å². The SMILES string of the molecule is CS(=O)(=O)N(CC(=O)N(Cc1c(Cl)cccc1Cl)[C@@H](Cc1ccccc1)C(=O)NC1CCCC1)c1ccc(Cl)c(Cl)c1.